The third-order valence-corrected chi connectivity index (χ3v) is 5.10. The van der Waals surface area contributed by atoms with Crippen molar-refractivity contribution in [3.05, 3.63) is 0 Å². The van der Waals surface area contributed by atoms with Crippen molar-refractivity contribution in [2.45, 2.75) is 50.6 Å². The molecule has 23 heavy (non-hydrogen) atoms. The summed E-state index contributed by atoms with van der Waals surface area (Å²) in [5.41, 5.74) is -0.925. The van der Waals surface area contributed by atoms with Crippen molar-refractivity contribution >= 4 is 23.8 Å². The Labute approximate surface area is 133 Å². The number of carbonyl (C=O) groups excluding carboxylic acids is 3. The summed E-state index contributed by atoms with van der Waals surface area (Å²) in [6.45, 7) is 1.65. The first-order chi connectivity index (χ1) is 10.8. The summed E-state index contributed by atoms with van der Waals surface area (Å²) < 4.78 is 0. The standard InChI is InChI=1S/C15H21N3O5/c1-15(9-5-6-9)13(22)18(14(23)16-15)8-11(19)17-7-3-2-4-10(17)12(20)21/h9-10H,2-8H2,1H3,(H,16,23)(H,20,21). The fourth-order valence-corrected chi connectivity index (χ4v) is 3.51. The number of hydrogen-bond acceptors (Lipinski definition) is 4. The molecule has 3 fully saturated rings. The minimum absolute atomic E-state index is 0.126. The lowest BCUT2D eigenvalue weighted by Crippen LogP contribution is -2.52. The van der Waals surface area contributed by atoms with Gasteiger partial charge in [-0.25, -0.2) is 9.59 Å². The van der Waals surface area contributed by atoms with Crippen LogP contribution in [-0.4, -0.2) is 63.4 Å². The number of likely N-dealkylation sites (tertiary alicyclic amines) is 1. The van der Waals surface area contributed by atoms with Crippen LogP contribution >= 0.6 is 0 Å². The summed E-state index contributed by atoms with van der Waals surface area (Å²) >= 11 is 0. The first kappa shape index (κ1) is 15.8. The summed E-state index contributed by atoms with van der Waals surface area (Å²) in [6, 6.07) is -1.44. The molecule has 2 saturated heterocycles. The number of carboxylic acids is 1. The van der Waals surface area contributed by atoms with E-state index >= 15 is 0 Å². The lowest BCUT2D eigenvalue weighted by molar-refractivity contribution is -0.152. The Kier molecular flexibility index (Phi) is 3.77. The number of piperidine rings is 1. The van der Waals surface area contributed by atoms with Gasteiger partial charge in [0.25, 0.3) is 5.91 Å². The quantitative estimate of drug-likeness (QED) is 0.717. The second kappa shape index (κ2) is 5.50. The van der Waals surface area contributed by atoms with Crippen LogP contribution in [0.25, 0.3) is 0 Å². The third kappa shape index (κ3) is 2.66. The average Bonchev–Trinajstić information content (AvgIpc) is 3.33. The molecule has 1 saturated carbocycles. The molecule has 0 aromatic carbocycles. The fourth-order valence-electron chi connectivity index (χ4n) is 3.51. The highest BCUT2D eigenvalue weighted by atomic mass is 16.4. The third-order valence-electron chi connectivity index (χ3n) is 5.10. The van der Waals surface area contributed by atoms with Crippen LogP contribution in [0.1, 0.15) is 39.0 Å². The largest absolute Gasteiger partial charge is 0.480 e. The maximum atomic E-state index is 12.5. The van der Waals surface area contributed by atoms with Crippen LogP contribution in [0, 0.1) is 5.92 Å². The van der Waals surface area contributed by atoms with E-state index < -0.39 is 36.0 Å². The van der Waals surface area contributed by atoms with E-state index in [1.54, 1.807) is 6.92 Å². The molecule has 8 nitrogen and oxygen atoms in total. The van der Waals surface area contributed by atoms with Crippen LogP contribution in [0.2, 0.25) is 0 Å². The van der Waals surface area contributed by atoms with E-state index in [1.165, 1.54) is 4.90 Å². The van der Waals surface area contributed by atoms with Crippen molar-refractivity contribution in [2.24, 2.45) is 5.92 Å². The molecule has 2 N–H and O–H groups in total. The van der Waals surface area contributed by atoms with E-state index in [0.717, 1.165) is 30.6 Å². The Morgan fingerprint density at radius 2 is 1.96 bits per heavy atom. The Bertz CT molecular complexity index is 573. The first-order valence-electron chi connectivity index (χ1n) is 8.01. The van der Waals surface area contributed by atoms with Gasteiger partial charge >= 0.3 is 12.0 Å². The van der Waals surface area contributed by atoms with Gasteiger partial charge in [-0.15, -0.1) is 0 Å². The molecule has 3 rings (SSSR count). The summed E-state index contributed by atoms with van der Waals surface area (Å²) in [5.74, 6) is -1.79. The molecule has 4 amide bonds. The zero-order chi connectivity index (χ0) is 16.8. The van der Waals surface area contributed by atoms with Gasteiger partial charge in [-0.1, -0.05) is 0 Å². The van der Waals surface area contributed by atoms with Crippen LogP contribution in [0.5, 0.6) is 0 Å². The highest BCUT2D eigenvalue weighted by Crippen LogP contribution is 2.42. The van der Waals surface area contributed by atoms with Crippen molar-refractivity contribution in [1.82, 2.24) is 15.1 Å². The van der Waals surface area contributed by atoms with Crippen LogP contribution in [-0.2, 0) is 14.4 Å². The number of carboxylic acid groups (broad SMARTS) is 1. The van der Waals surface area contributed by atoms with Crippen LogP contribution in [0.15, 0.2) is 0 Å². The smallest absolute Gasteiger partial charge is 0.326 e. The summed E-state index contributed by atoms with van der Waals surface area (Å²) in [7, 11) is 0. The van der Waals surface area contributed by atoms with Crippen molar-refractivity contribution in [1.29, 1.82) is 0 Å². The number of carbonyl (C=O) groups is 4. The Morgan fingerprint density at radius 1 is 1.26 bits per heavy atom. The van der Waals surface area contributed by atoms with E-state index in [9.17, 15) is 24.3 Å². The Morgan fingerprint density at radius 3 is 2.57 bits per heavy atom. The predicted molar refractivity (Wildman–Crippen MR) is 78.4 cm³/mol. The van der Waals surface area contributed by atoms with Crippen molar-refractivity contribution in [3.8, 4) is 0 Å². The zero-order valence-corrected chi connectivity index (χ0v) is 13.1. The molecule has 2 atom stereocenters. The van der Waals surface area contributed by atoms with E-state index in [-0.39, 0.29) is 11.8 Å². The van der Waals surface area contributed by atoms with Gasteiger partial charge in [0.15, 0.2) is 0 Å². The lowest BCUT2D eigenvalue weighted by Gasteiger charge is -2.33. The van der Waals surface area contributed by atoms with Gasteiger partial charge in [-0.05, 0) is 44.9 Å². The van der Waals surface area contributed by atoms with Crippen LogP contribution < -0.4 is 5.32 Å². The molecule has 3 aliphatic rings. The van der Waals surface area contributed by atoms with Gasteiger partial charge in [0, 0.05) is 6.54 Å². The summed E-state index contributed by atoms with van der Waals surface area (Å²) in [5, 5.41) is 11.9. The van der Waals surface area contributed by atoms with Gasteiger partial charge in [-0.2, -0.15) is 0 Å². The monoisotopic (exact) mass is 323 g/mol. The van der Waals surface area contributed by atoms with E-state index in [2.05, 4.69) is 5.32 Å². The molecule has 0 radical (unpaired) electrons. The molecule has 2 aliphatic heterocycles. The van der Waals surface area contributed by atoms with Gasteiger partial charge in [0.1, 0.15) is 18.1 Å². The summed E-state index contributed by atoms with van der Waals surface area (Å²) in [4.78, 5) is 50.5. The highest BCUT2D eigenvalue weighted by molar-refractivity contribution is 6.09. The first-order valence-corrected chi connectivity index (χ1v) is 8.01. The van der Waals surface area contributed by atoms with E-state index in [4.69, 9.17) is 0 Å². The van der Waals surface area contributed by atoms with Gasteiger partial charge in [0.2, 0.25) is 5.91 Å². The van der Waals surface area contributed by atoms with Gasteiger partial charge in [0.05, 0.1) is 0 Å². The molecular formula is C15H21N3O5. The molecule has 2 unspecified atom stereocenters. The Balaban J connectivity index is 1.71. The fraction of sp³-hybridized carbons (Fsp3) is 0.733. The topological polar surface area (TPSA) is 107 Å². The maximum absolute atomic E-state index is 12.5. The van der Waals surface area contributed by atoms with Crippen molar-refractivity contribution in [3.63, 3.8) is 0 Å². The minimum Gasteiger partial charge on any atom is -0.480 e. The zero-order valence-electron chi connectivity index (χ0n) is 13.1. The minimum atomic E-state index is -1.04. The number of amides is 4. The summed E-state index contributed by atoms with van der Waals surface area (Å²) in [6.07, 6.45) is 3.66. The number of hydrogen-bond donors (Lipinski definition) is 2. The maximum Gasteiger partial charge on any atom is 0.326 e. The van der Waals surface area contributed by atoms with Gasteiger partial charge < -0.3 is 15.3 Å². The number of urea groups is 1. The second-order valence-corrected chi connectivity index (χ2v) is 6.74. The molecule has 0 aromatic rings. The molecule has 1 aliphatic carbocycles. The predicted octanol–water partition coefficient (Wildman–Crippen LogP) is 0.173. The molecule has 126 valence electrons. The molecular weight excluding hydrogens is 302 g/mol. The molecule has 0 bridgehead atoms. The number of nitrogens with zero attached hydrogens (tertiary/aromatic N) is 2. The van der Waals surface area contributed by atoms with E-state index in [1.807, 2.05) is 0 Å². The van der Waals surface area contributed by atoms with Crippen molar-refractivity contribution in [2.75, 3.05) is 13.1 Å². The SMILES string of the molecule is CC1(C2CC2)NC(=O)N(CC(=O)N2CCCCC2C(=O)O)C1=O. The molecule has 0 aromatic heterocycles. The molecule has 0 spiro atoms. The van der Waals surface area contributed by atoms with Crippen LogP contribution in [0.4, 0.5) is 4.79 Å². The van der Waals surface area contributed by atoms with Crippen molar-refractivity contribution < 1.29 is 24.3 Å². The van der Waals surface area contributed by atoms with Crippen LogP contribution in [0.3, 0.4) is 0 Å². The Hall–Kier alpha value is -2.12. The second-order valence-electron chi connectivity index (χ2n) is 6.74. The number of rotatable bonds is 4. The average molecular weight is 323 g/mol. The van der Waals surface area contributed by atoms with E-state index in [0.29, 0.717) is 13.0 Å². The number of nitrogens with one attached hydrogen (secondary N) is 1. The van der Waals surface area contributed by atoms with Gasteiger partial charge in [-0.3, -0.25) is 14.5 Å². The number of aliphatic carboxylic acids is 1. The number of imide groups is 1. The normalized spacial score (nSPS) is 31.3. The highest BCUT2D eigenvalue weighted by Gasteiger charge is 2.56. The lowest BCUT2D eigenvalue weighted by atomic mass is 9.96. The molecule has 2 heterocycles. The molecule has 8 heteroatoms.